The zero-order valence-electron chi connectivity index (χ0n) is 10.9. The van der Waals surface area contributed by atoms with Crippen molar-refractivity contribution >= 4 is 33.3 Å². The van der Waals surface area contributed by atoms with E-state index >= 15 is 0 Å². The summed E-state index contributed by atoms with van der Waals surface area (Å²) < 4.78 is 19.6. The number of halogens is 3. The Labute approximate surface area is 129 Å². The van der Waals surface area contributed by atoms with Gasteiger partial charge in [-0.15, -0.1) is 0 Å². The molecule has 0 spiro atoms. The lowest BCUT2D eigenvalue weighted by atomic mass is 10.3. The smallest absolute Gasteiger partial charge is 0.227 e. The van der Waals surface area contributed by atoms with Crippen molar-refractivity contribution in [2.24, 2.45) is 0 Å². The summed E-state index contributed by atoms with van der Waals surface area (Å²) in [6, 6.07) is 2.61. The quantitative estimate of drug-likeness (QED) is 0.830. The first-order valence-electron chi connectivity index (χ1n) is 5.87. The van der Waals surface area contributed by atoms with Crippen LogP contribution in [0.15, 0.2) is 16.6 Å². The van der Waals surface area contributed by atoms with Crippen molar-refractivity contribution in [3.8, 4) is 11.6 Å². The monoisotopic (exact) mass is 359 g/mol. The van der Waals surface area contributed by atoms with Crippen LogP contribution in [0.1, 0.15) is 18.3 Å². The van der Waals surface area contributed by atoms with Crippen molar-refractivity contribution in [2.45, 2.75) is 20.3 Å². The van der Waals surface area contributed by atoms with Crippen molar-refractivity contribution in [3.05, 3.63) is 38.8 Å². The van der Waals surface area contributed by atoms with E-state index in [2.05, 4.69) is 25.9 Å². The first-order valence-corrected chi connectivity index (χ1v) is 7.04. The van der Waals surface area contributed by atoms with Gasteiger partial charge in [-0.25, -0.2) is 9.37 Å². The van der Waals surface area contributed by atoms with Crippen LogP contribution in [-0.2, 0) is 6.42 Å². The zero-order chi connectivity index (χ0) is 14.9. The van der Waals surface area contributed by atoms with Crippen LogP contribution in [-0.4, -0.2) is 9.97 Å². The molecule has 20 heavy (non-hydrogen) atoms. The number of ether oxygens (including phenoxy) is 1. The summed E-state index contributed by atoms with van der Waals surface area (Å²) in [5.74, 6) is 0.915. The minimum absolute atomic E-state index is 0.0115. The maximum absolute atomic E-state index is 13.5. The van der Waals surface area contributed by atoms with E-state index in [0.29, 0.717) is 34.0 Å². The Hall–Kier alpha value is -1.40. The first kappa shape index (κ1) is 15.0. The van der Waals surface area contributed by atoms with E-state index < -0.39 is 5.82 Å². The molecule has 4 nitrogen and oxygen atoms in total. The van der Waals surface area contributed by atoms with E-state index in [0.717, 1.165) is 0 Å². The molecule has 2 aromatic rings. The standard InChI is InChI=1S/C13H12BrClFN3O/c1-3-11-18-12(17)6(2)13(19-11)20-10-5-9(16)8(15)4-7(10)14/h4-5H,3H2,1-2H3,(H2,17,18,19). The van der Waals surface area contributed by atoms with Crippen LogP contribution in [0.3, 0.4) is 0 Å². The normalized spacial score (nSPS) is 10.7. The van der Waals surface area contributed by atoms with E-state index in [9.17, 15) is 4.39 Å². The third kappa shape index (κ3) is 3.02. The van der Waals surface area contributed by atoms with Gasteiger partial charge in [0, 0.05) is 12.5 Å². The molecule has 1 aromatic carbocycles. The van der Waals surface area contributed by atoms with E-state index in [-0.39, 0.29) is 10.8 Å². The number of aromatic nitrogens is 2. The molecule has 106 valence electrons. The summed E-state index contributed by atoms with van der Waals surface area (Å²) in [5.41, 5.74) is 6.41. The van der Waals surface area contributed by atoms with Gasteiger partial charge in [-0.1, -0.05) is 18.5 Å². The molecule has 7 heteroatoms. The van der Waals surface area contributed by atoms with Gasteiger partial charge in [0.05, 0.1) is 15.1 Å². The van der Waals surface area contributed by atoms with Gasteiger partial charge in [0.25, 0.3) is 0 Å². The Morgan fingerprint density at radius 2 is 2.10 bits per heavy atom. The molecule has 0 aliphatic rings. The molecule has 0 saturated carbocycles. The second-order valence-corrected chi connectivity index (χ2v) is 5.37. The molecule has 1 aromatic heterocycles. The SMILES string of the molecule is CCc1nc(N)c(C)c(Oc2cc(F)c(Cl)cc2Br)n1. The number of nitrogens with two attached hydrogens (primary N) is 1. The number of rotatable bonds is 3. The van der Waals surface area contributed by atoms with Gasteiger partial charge < -0.3 is 10.5 Å². The molecule has 0 aliphatic heterocycles. The van der Waals surface area contributed by atoms with Gasteiger partial charge >= 0.3 is 0 Å². The van der Waals surface area contributed by atoms with Crippen molar-refractivity contribution in [3.63, 3.8) is 0 Å². The summed E-state index contributed by atoms with van der Waals surface area (Å²) in [5, 5.41) is 0.0115. The molecule has 0 bridgehead atoms. The van der Waals surface area contributed by atoms with Crippen LogP contribution < -0.4 is 10.5 Å². The highest BCUT2D eigenvalue weighted by atomic mass is 79.9. The fourth-order valence-electron chi connectivity index (χ4n) is 1.50. The Morgan fingerprint density at radius 1 is 1.40 bits per heavy atom. The topological polar surface area (TPSA) is 61.0 Å². The number of nitrogen functional groups attached to an aromatic ring is 1. The molecule has 0 amide bonds. The maximum Gasteiger partial charge on any atom is 0.227 e. The van der Waals surface area contributed by atoms with Crippen molar-refractivity contribution < 1.29 is 9.13 Å². The van der Waals surface area contributed by atoms with E-state index in [1.54, 1.807) is 6.92 Å². The molecule has 2 N–H and O–H groups in total. The molecule has 0 saturated heterocycles. The molecular formula is C13H12BrClFN3O. The number of hydrogen-bond donors (Lipinski definition) is 1. The second-order valence-electron chi connectivity index (χ2n) is 4.11. The lowest BCUT2D eigenvalue weighted by Gasteiger charge is -2.12. The maximum atomic E-state index is 13.5. The van der Waals surface area contributed by atoms with Gasteiger partial charge in [-0.3, -0.25) is 0 Å². The fraction of sp³-hybridized carbons (Fsp3) is 0.231. The van der Waals surface area contributed by atoms with Gasteiger partial charge in [-0.2, -0.15) is 4.98 Å². The number of nitrogens with zero attached hydrogens (tertiary/aromatic N) is 2. The summed E-state index contributed by atoms with van der Waals surface area (Å²) in [4.78, 5) is 8.38. The largest absolute Gasteiger partial charge is 0.437 e. The Balaban J connectivity index is 2.44. The van der Waals surface area contributed by atoms with Gasteiger partial charge in [0.15, 0.2) is 0 Å². The third-order valence-corrected chi connectivity index (χ3v) is 3.59. The van der Waals surface area contributed by atoms with Crippen LogP contribution in [0.4, 0.5) is 10.2 Å². The predicted octanol–water partition coefficient (Wildman–Crippen LogP) is 4.28. The molecule has 1 heterocycles. The average Bonchev–Trinajstić information content (AvgIpc) is 2.40. The predicted molar refractivity (Wildman–Crippen MR) is 79.7 cm³/mol. The fourth-order valence-corrected chi connectivity index (χ4v) is 2.22. The van der Waals surface area contributed by atoms with Crippen molar-refractivity contribution in [2.75, 3.05) is 5.73 Å². The van der Waals surface area contributed by atoms with E-state index in [1.165, 1.54) is 12.1 Å². The molecular weight excluding hydrogens is 349 g/mol. The minimum Gasteiger partial charge on any atom is -0.437 e. The minimum atomic E-state index is -0.569. The second kappa shape index (κ2) is 5.93. The first-order chi connectivity index (χ1) is 9.42. The summed E-state index contributed by atoms with van der Waals surface area (Å²) >= 11 is 8.95. The highest BCUT2D eigenvalue weighted by Gasteiger charge is 2.14. The average molecular weight is 361 g/mol. The van der Waals surface area contributed by atoms with E-state index in [1.807, 2.05) is 6.92 Å². The molecule has 0 unspecified atom stereocenters. The molecule has 0 atom stereocenters. The summed E-state index contributed by atoms with van der Waals surface area (Å²) in [7, 11) is 0. The zero-order valence-corrected chi connectivity index (χ0v) is 13.2. The molecule has 2 rings (SSSR count). The molecule has 0 fully saturated rings. The van der Waals surface area contributed by atoms with Crippen LogP contribution in [0.2, 0.25) is 5.02 Å². The van der Waals surface area contributed by atoms with E-state index in [4.69, 9.17) is 22.1 Å². The highest BCUT2D eigenvalue weighted by Crippen LogP contribution is 2.34. The lowest BCUT2D eigenvalue weighted by molar-refractivity contribution is 0.448. The van der Waals surface area contributed by atoms with Gasteiger partial charge in [0.1, 0.15) is 23.2 Å². The Morgan fingerprint density at radius 3 is 2.75 bits per heavy atom. The van der Waals surface area contributed by atoms with Crippen LogP contribution in [0.25, 0.3) is 0 Å². The van der Waals surface area contributed by atoms with Crippen molar-refractivity contribution in [1.29, 1.82) is 0 Å². The Kier molecular flexibility index (Phi) is 4.45. The number of hydrogen-bond acceptors (Lipinski definition) is 4. The molecule has 0 aliphatic carbocycles. The summed E-state index contributed by atoms with van der Waals surface area (Å²) in [6.45, 7) is 3.65. The number of aryl methyl sites for hydroxylation is 1. The molecule has 0 radical (unpaired) electrons. The summed E-state index contributed by atoms with van der Waals surface area (Å²) in [6.07, 6.45) is 0.622. The van der Waals surface area contributed by atoms with Crippen LogP contribution >= 0.6 is 27.5 Å². The number of benzene rings is 1. The highest BCUT2D eigenvalue weighted by molar-refractivity contribution is 9.10. The number of anilines is 1. The van der Waals surface area contributed by atoms with Gasteiger partial charge in [0.2, 0.25) is 5.88 Å². The van der Waals surface area contributed by atoms with Crippen molar-refractivity contribution in [1.82, 2.24) is 9.97 Å². The third-order valence-electron chi connectivity index (χ3n) is 2.68. The van der Waals surface area contributed by atoms with Gasteiger partial charge in [-0.05, 0) is 28.9 Å². The lowest BCUT2D eigenvalue weighted by Crippen LogP contribution is -2.04. The van der Waals surface area contributed by atoms with Crippen LogP contribution in [0, 0.1) is 12.7 Å². The van der Waals surface area contributed by atoms with Crippen LogP contribution in [0.5, 0.6) is 11.6 Å². The Bertz CT molecular complexity index is 667.